The Bertz CT molecular complexity index is 1230. The van der Waals surface area contributed by atoms with Crippen LogP contribution >= 0.6 is 34.9 Å². The summed E-state index contributed by atoms with van der Waals surface area (Å²) < 4.78 is 13.6. The highest BCUT2D eigenvalue weighted by Crippen LogP contribution is 2.41. The molecule has 1 saturated heterocycles. The van der Waals surface area contributed by atoms with Gasteiger partial charge in [-0.25, -0.2) is 4.79 Å². The fourth-order valence-corrected chi connectivity index (χ4v) is 8.56. The van der Waals surface area contributed by atoms with Crippen molar-refractivity contribution >= 4 is 63.4 Å². The zero-order valence-electron chi connectivity index (χ0n) is 19.4. The van der Waals surface area contributed by atoms with Gasteiger partial charge in [0.05, 0.1) is 10.8 Å². The molecule has 1 aromatic carbocycles. The molecule has 192 valence electrons. The smallest absolute Gasteiger partial charge is 0.352 e. The van der Waals surface area contributed by atoms with Crippen molar-refractivity contribution in [2.24, 2.45) is 0 Å². The third-order valence-electron chi connectivity index (χ3n) is 5.68. The number of fused-ring (bicyclic) bond motifs is 1. The maximum atomic E-state index is 12.9. The van der Waals surface area contributed by atoms with Crippen molar-refractivity contribution in [1.29, 1.82) is 0 Å². The van der Waals surface area contributed by atoms with Gasteiger partial charge in [-0.3, -0.25) is 18.7 Å². The Kier molecular flexibility index (Phi) is 8.37. The molecular formula is C22H24N4O6S4. The molecule has 10 nitrogen and oxygen atoms in total. The molecule has 0 saturated carbocycles. The van der Waals surface area contributed by atoms with Gasteiger partial charge in [0, 0.05) is 28.1 Å². The Labute approximate surface area is 222 Å². The van der Waals surface area contributed by atoms with E-state index in [2.05, 4.69) is 15.5 Å². The largest absolute Gasteiger partial charge is 0.508 e. The summed E-state index contributed by atoms with van der Waals surface area (Å²) in [4.78, 5) is 39.4. The van der Waals surface area contributed by atoms with Crippen LogP contribution in [0.2, 0.25) is 0 Å². The Morgan fingerprint density at radius 2 is 2.03 bits per heavy atom. The second-order valence-corrected chi connectivity index (χ2v) is 13.4. The molecule has 2 aliphatic rings. The lowest BCUT2D eigenvalue weighted by atomic mass is 10.0. The number of nitrogens with one attached hydrogen (secondary N) is 1. The highest BCUT2D eigenvalue weighted by molar-refractivity contribution is 8.01. The number of phenols is 1. The monoisotopic (exact) mass is 568 g/mol. The topological polar surface area (TPSA) is 150 Å². The zero-order chi connectivity index (χ0) is 26.0. The van der Waals surface area contributed by atoms with Crippen LogP contribution in [-0.4, -0.2) is 75.5 Å². The molecule has 2 aliphatic heterocycles. The van der Waals surface area contributed by atoms with Crippen molar-refractivity contribution < 1.29 is 28.8 Å². The Morgan fingerprint density at radius 3 is 2.64 bits per heavy atom. The molecule has 0 bridgehead atoms. The van der Waals surface area contributed by atoms with Crippen LogP contribution < -0.4 is 5.32 Å². The van der Waals surface area contributed by atoms with E-state index in [-0.39, 0.29) is 17.9 Å². The van der Waals surface area contributed by atoms with Gasteiger partial charge in [-0.15, -0.1) is 22.0 Å². The van der Waals surface area contributed by atoms with E-state index in [0.29, 0.717) is 28.4 Å². The summed E-state index contributed by atoms with van der Waals surface area (Å²) in [5.41, 5.74) is 0.581. The second kappa shape index (κ2) is 11.3. The predicted octanol–water partition coefficient (Wildman–Crippen LogP) is 2.36. The first-order valence-corrected chi connectivity index (χ1v) is 15.1. The lowest BCUT2D eigenvalue weighted by molar-refractivity contribution is -0.150. The summed E-state index contributed by atoms with van der Waals surface area (Å²) >= 11 is 4.20. The van der Waals surface area contributed by atoms with E-state index in [1.165, 1.54) is 51.9 Å². The molecule has 2 aromatic rings. The molecule has 3 N–H and O–H groups in total. The average Bonchev–Trinajstić information content (AvgIpc) is 3.28. The number of aliphatic carboxylic acids is 1. The minimum Gasteiger partial charge on any atom is -0.508 e. The van der Waals surface area contributed by atoms with Gasteiger partial charge < -0.3 is 15.5 Å². The zero-order valence-corrected chi connectivity index (χ0v) is 22.6. The minimum atomic E-state index is -1.47. The molecule has 2 amide bonds. The predicted molar refractivity (Wildman–Crippen MR) is 138 cm³/mol. The number of rotatable bonds is 10. The second-order valence-electron chi connectivity index (χ2n) is 8.11. The normalized spacial score (nSPS) is 20.9. The number of hydrogen-bond acceptors (Lipinski definition) is 10. The van der Waals surface area contributed by atoms with Crippen molar-refractivity contribution in [2.45, 2.75) is 52.6 Å². The summed E-state index contributed by atoms with van der Waals surface area (Å²) in [6, 6.07) is 5.16. The quantitative estimate of drug-likeness (QED) is 0.288. The molecule has 1 fully saturated rings. The summed E-state index contributed by atoms with van der Waals surface area (Å²) in [6.07, 6.45) is 0.431. The summed E-state index contributed by atoms with van der Waals surface area (Å²) in [5, 5.41) is 29.8. The fraction of sp³-hybridized carbons (Fsp3) is 0.409. The van der Waals surface area contributed by atoms with E-state index in [1.54, 1.807) is 12.1 Å². The molecule has 0 spiro atoms. The number of carbonyl (C=O) groups excluding carboxylic acids is 2. The van der Waals surface area contributed by atoms with Gasteiger partial charge in [-0.2, -0.15) is 0 Å². The molecule has 3 unspecified atom stereocenters. The first-order chi connectivity index (χ1) is 17.2. The van der Waals surface area contributed by atoms with E-state index in [0.717, 1.165) is 9.35 Å². The molecule has 3 heterocycles. The number of carboxylic acid groups (broad SMARTS) is 1. The van der Waals surface area contributed by atoms with Gasteiger partial charge >= 0.3 is 5.97 Å². The average molecular weight is 569 g/mol. The molecule has 14 heteroatoms. The van der Waals surface area contributed by atoms with Crippen LogP contribution in [0.1, 0.15) is 24.8 Å². The number of β-lactam (4-membered cyclic amide) rings is 1. The van der Waals surface area contributed by atoms with Crippen LogP contribution in [-0.2, 0) is 25.2 Å². The molecule has 36 heavy (non-hydrogen) atoms. The number of aryl methyl sites for hydroxylation is 1. The van der Waals surface area contributed by atoms with Crippen LogP contribution in [0.5, 0.6) is 5.75 Å². The van der Waals surface area contributed by atoms with Gasteiger partial charge in [0.1, 0.15) is 27.9 Å². The number of benzene rings is 1. The van der Waals surface area contributed by atoms with E-state index in [1.807, 2.05) is 13.8 Å². The van der Waals surface area contributed by atoms with Gasteiger partial charge in [0.15, 0.2) is 4.34 Å². The number of carboxylic acids is 1. The minimum absolute atomic E-state index is 0.0390. The summed E-state index contributed by atoms with van der Waals surface area (Å²) in [6.45, 7) is 3.67. The first-order valence-electron chi connectivity index (χ1n) is 11.0. The Balaban J connectivity index is 1.39. The molecule has 0 aliphatic carbocycles. The highest BCUT2D eigenvalue weighted by Gasteiger charge is 2.54. The summed E-state index contributed by atoms with van der Waals surface area (Å²) in [7, 11) is -1.47. The van der Waals surface area contributed by atoms with E-state index < -0.39 is 45.2 Å². The van der Waals surface area contributed by atoms with Gasteiger partial charge in [-0.05, 0) is 43.2 Å². The lowest BCUT2D eigenvalue weighted by Crippen LogP contribution is -2.70. The van der Waals surface area contributed by atoms with Crippen molar-refractivity contribution in [2.75, 3.05) is 11.5 Å². The van der Waals surface area contributed by atoms with E-state index in [9.17, 15) is 28.8 Å². The summed E-state index contributed by atoms with van der Waals surface area (Å²) in [5.74, 6) is -1.22. The van der Waals surface area contributed by atoms with Gasteiger partial charge in [0.2, 0.25) is 5.91 Å². The number of nitrogens with zero attached hydrogens (tertiary/aromatic N) is 3. The van der Waals surface area contributed by atoms with Crippen LogP contribution in [0, 0.1) is 6.92 Å². The number of amides is 2. The van der Waals surface area contributed by atoms with E-state index >= 15 is 0 Å². The number of thioether (sulfide) groups is 2. The van der Waals surface area contributed by atoms with Crippen LogP contribution in [0.3, 0.4) is 0 Å². The van der Waals surface area contributed by atoms with Crippen LogP contribution in [0.25, 0.3) is 0 Å². The number of phenolic OH excluding ortho intramolecular Hbond substituents is 1. The van der Waals surface area contributed by atoms with Crippen LogP contribution in [0.15, 0.2) is 44.8 Å². The molecule has 4 rings (SSSR count). The van der Waals surface area contributed by atoms with Crippen LogP contribution in [0.4, 0.5) is 0 Å². The Hall–Kier alpha value is -2.42. The third-order valence-corrected chi connectivity index (χ3v) is 10.9. The first kappa shape index (κ1) is 26.6. The standard InChI is InChI=1S/C22H24N4O6S4/c1-3-14(36(32)15-6-4-13(27)5-7-15)8-16(28)23-17-19(29)26-18(21(30)31)12(9-33-20(17)26)10-34-22-25-24-11(2)35-22/h4-7,14,17,20,27H,3,8-10H2,1-2H3,(H,23,28)(H,30,31)/t14?,17?,20-,36?/m0/s1. The number of hydrogen-bond donors (Lipinski definition) is 3. The molecular weight excluding hydrogens is 545 g/mol. The van der Waals surface area contributed by atoms with Crippen molar-refractivity contribution in [3.05, 3.63) is 40.5 Å². The number of carbonyl (C=O) groups is 3. The maximum Gasteiger partial charge on any atom is 0.352 e. The van der Waals surface area contributed by atoms with Crippen molar-refractivity contribution in [1.82, 2.24) is 20.4 Å². The number of aromatic hydroxyl groups is 1. The van der Waals surface area contributed by atoms with Gasteiger partial charge in [-0.1, -0.05) is 30.0 Å². The number of aromatic nitrogens is 2. The Morgan fingerprint density at radius 1 is 1.31 bits per heavy atom. The maximum absolute atomic E-state index is 12.9. The fourth-order valence-electron chi connectivity index (χ4n) is 3.86. The molecule has 0 radical (unpaired) electrons. The SMILES string of the molecule is CCC(CC(=O)NC1C(=O)N2C(C(=O)O)=C(CSc3nnc(C)s3)CS[C@@H]12)S(=O)c1ccc(O)cc1. The van der Waals surface area contributed by atoms with Crippen molar-refractivity contribution in [3.63, 3.8) is 0 Å². The molecule has 1 aromatic heterocycles. The highest BCUT2D eigenvalue weighted by atomic mass is 32.2. The lowest BCUT2D eigenvalue weighted by Gasteiger charge is -2.49. The van der Waals surface area contributed by atoms with Crippen molar-refractivity contribution in [3.8, 4) is 5.75 Å². The van der Waals surface area contributed by atoms with E-state index in [4.69, 9.17) is 0 Å². The molecule has 4 atom stereocenters. The third kappa shape index (κ3) is 5.61. The van der Waals surface area contributed by atoms with Gasteiger partial charge in [0.25, 0.3) is 5.91 Å².